The van der Waals surface area contributed by atoms with E-state index in [1.165, 1.54) is 0 Å². The predicted octanol–water partition coefficient (Wildman–Crippen LogP) is 3.84. The number of allylic oxidation sites excluding steroid dienone is 1. The zero-order chi connectivity index (χ0) is 24.0. The molecule has 0 radical (unpaired) electrons. The molecule has 0 bridgehead atoms. The Balaban J connectivity index is 1.48. The number of fused-ring (bicyclic) bond motifs is 1. The zero-order valence-electron chi connectivity index (χ0n) is 19.5. The molecule has 3 heterocycles. The summed E-state index contributed by atoms with van der Waals surface area (Å²) in [5, 5.41) is 5.43. The molecule has 0 atom stereocenters. The van der Waals surface area contributed by atoms with Crippen molar-refractivity contribution < 1.29 is 19.1 Å². The lowest BCUT2D eigenvalue weighted by molar-refractivity contribution is -0.111. The number of rotatable bonds is 3. The molecule has 0 aliphatic carbocycles. The zero-order valence-corrected chi connectivity index (χ0v) is 19.5. The van der Waals surface area contributed by atoms with Gasteiger partial charge in [0.05, 0.1) is 11.3 Å². The molecule has 0 saturated carbocycles. The smallest absolute Gasteiger partial charge is 0.260 e. The molecule has 3 amide bonds. The predicted molar refractivity (Wildman–Crippen MR) is 130 cm³/mol. The maximum Gasteiger partial charge on any atom is 0.260 e. The number of carbonyl (C=O) groups excluding carboxylic acids is 3. The fraction of sp³-hybridized carbons (Fsp3) is 0.296. The van der Waals surface area contributed by atoms with Crippen molar-refractivity contribution in [2.24, 2.45) is 0 Å². The van der Waals surface area contributed by atoms with Crippen LogP contribution in [0.2, 0.25) is 0 Å². The van der Waals surface area contributed by atoms with Crippen LogP contribution in [-0.4, -0.2) is 48.4 Å². The highest BCUT2D eigenvalue weighted by Crippen LogP contribution is 2.44. The van der Waals surface area contributed by atoms with Crippen LogP contribution in [0.3, 0.4) is 0 Å². The highest BCUT2D eigenvalue weighted by molar-refractivity contribution is 6.32. The molecular formula is C27H27N3O4. The summed E-state index contributed by atoms with van der Waals surface area (Å²) in [5.41, 5.74) is 4.09. The van der Waals surface area contributed by atoms with Crippen LogP contribution >= 0.6 is 0 Å². The summed E-state index contributed by atoms with van der Waals surface area (Å²) in [5.74, 6) is 0.0726. The van der Waals surface area contributed by atoms with Crippen LogP contribution in [0.15, 0.2) is 54.3 Å². The Hall–Kier alpha value is -3.87. The summed E-state index contributed by atoms with van der Waals surface area (Å²) in [6.45, 7) is 5.55. The number of benzene rings is 2. The van der Waals surface area contributed by atoms with Crippen molar-refractivity contribution in [2.45, 2.75) is 32.3 Å². The number of carbonyl (C=O) groups is 3. The van der Waals surface area contributed by atoms with Crippen molar-refractivity contribution in [3.63, 3.8) is 0 Å². The van der Waals surface area contributed by atoms with Crippen LogP contribution in [0.25, 0.3) is 11.1 Å². The van der Waals surface area contributed by atoms with Crippen molar-refractivity contribution >= 4 is 34.6 Å². The first-order valence-corrected chi connectivity index (χ1v) is 11.5. The maximum absolute atomic E-state index is 12.8. The van der Waals surface area contributed by atoms with Crippen LogP contribution in [0, 0.1) is 0 Å². The molecule has 0 aromatic heterocycles. The minimum atomic E-state index is -0.659. The second-order valence-electron chi connectivity index (χ2n) is 9.28. The van der Waals surface area contributed by atoms with Crippen LogP contribution in [0.5, 0.6) is 0 Å². The quantitative estimate of drug-likeness (QED) is 0.686. The fourth-order valence-electron chi connectivity index (χ4n) is 4.82. The summed E-state index contributed by atoms with van der Waals surface area (Å²) in [4.78, 5) is 39.4. The Morgan fingerprint density at radius 1 is 1.03 bits per heavy atom. The van der Waals surface area contributed by atoms with E-state index in [0.717, 1.165) is 37.1 Å². The van der Waals surface area contributed by atoms with Gasteiger partial charge in [-0.05, 0) is 62.6 Å². The van der Waals surface area contributed by atoms with Gasteiger partial charge < -0.3 is 20.3 Å². The van der Waals surface area contributed by atoms with Gasteiger partial charge in [0.2, 0.25) is 0 Å². The van der Waals surface area contributed by atoms with E-state index in [0.29, 0.717) is 33.7 Å². The van der Waals surface area contributed by atoms with E-state index < -0.39 is 5.60 Å². The van der Waals surface area contributed by atoms with E-state index in [9.17, 15) is 14.4 Å². The Kier molecular flexibility index (Phi) is 5.27. The van der Waals surface area contributed by atoms with Gasteiger partial charge in [0, 0.05) is 42.4 Å². The number of hydrogen-bond acceptors (Lipinski definition) is 4. The SMILES string of the molecule is CNC(=O)c1ccc2c(c1)NC(=O)/C2=C1\C=C(c2ccc(C(=O)N3CCCC3)cc2)C(C)(C)O1. The van der Waals surface area contributed by atoms with E-state index in [-0.39, 0.29) is 17.7 Å². The van der Waals surface area contributed by atoms with Crippen LogP contribution < -0.4 is 10.6 Å². The molecule has 34 heavy (non-hydrogen) atoms. The van der Waals surface area contributed by atoms with Gasteiger partial charge >= 0.3 is 0 Å². The van der Waals surface area contributed by atoms with Crippen LogP contribution in [-0.2, 0) is 9.53 Å². The number of ether oxygens (including phenoxy) is 1. The minimum Gasteiger partial charge on any atom is -0.482 e. The van der Waals surface area contributed by atoms with Crippen molar-refractivity contribution in [3.05, 3.63) is 76.6 Å². The Morgan fingerprint density at radius 2 is 1.71 bits per heavy atom. The molecule has 3 aliphatic rings. The standard InChI is InChI=1S/C27H27N3O4/c1-27(2)20(16-6-8-17(9-7-16)26(33)30-12-4-5-13-30)15-22(34-27)23-19-11-10-18(24(31)28-3)14-21(19)29-25(23)32/h6-11,14-15H,4-5,12-13H2,1-3H3,(H,28,31)(H,29,32)/b23-22+. The molecule has 174 valence electrons. The first kappa shape index (κ1) is 21.9. The normalized spacial score (nSPS) is 20.5. The van der Waals surface area contributed by atoms with Crippen LogP contribution in [0.1, 0.15) is 58.5 Å². The largest absolute Gasteiger partial charge is 0.482 e. The van der Waals surface area contributed by atoms with Gasteiger partial charge in [0.1, 0.15) is 11.4 Å². The van der Waals surface area contributed by atoms with E-state index in [1.807, 2.05) is 49.1 Å². The fourth-order valence-corrected chi connectivity index (χ4v) is 4.82. The molecule has 5 rings (SSSR count). The summed E-state index contributed by atoms with van der Waals surface area (Å²) < 4.78 is 6.26. The van der Waals surface area contributed by atoms with Gasteiger partial charge in [-0.3, -0.25) is 14.4 Å². The average Bonchev–Trinajstić information content (AvgIpc) is 3.54. The topological polar surface area (TPSA) is 87.7 Å². The average molecular weight is 458 g/mol. The molecule has 7 heteroatoms. The van der Waals surface area contributed by atoms with Crippen molar-refractivity contribution in [2.75, 3.05) is 25.5 Å². The molecule has 2 aromatic carbocycles. The molecule has 2 N–H and O–H groups in total. The van der Waals surface area contributed by atoms with Gasteiger partial charge in [-0.1, -0.05) is 18.2 Å². The second kappa shape index (κ2) is 8.17. The van der Waals surface area contributed by atoms with Gasteiger partial charge in [0.15, 0.2) is 0 Å². The van der Waals surface area contributed by atoms with Crippen molar-refractivity contribution in [1.29, 1.82) is 0 Å². The molecule has 3 aliphatic heterocycles. The Labute approximate surface area is 198 Å². The molecule has 7 nitrogen and oxygen atoms in total. The third kappa shape index (κ3) is 3.67. The van der Waals surface area contributed by atoms with Gasteiger partial charge in [-0.2, -0.15) is 0 Å². The monoisotopic (exact) mass is 457 g/mol. The van der Waals surface area contributed by atoms with E-state index >= 15 is 0 Å². The van der Waals surface area contributed by atoms with Crippen molar-refractivity contribution in [1.82, 2.24) is 10.2 Å². The molecule has 0 unspecified atom stereocenters. The highest BCUT2D eigenvalue weighted by Gasteiger charge is 2.38. The molecule has 0 spiro atoms. The molecular weight excluding hydrogens is 430 g/mol. The highest BCUT2D eigenvalue weighted by atomic mass is 16.5. The Morgan fingerprint density at radius 3 is 2.38 bits per heavy atom. The van der Waals surface area contributed by atoms with E-state index in [1.54, 1.807) is 25.2 Å². The number of anilines is 1. The first-order chi connectivity index (χ1) is 16.3. The lowest BCUT2D eigenvalue weighted by atomic mass is 9.91. The van der Waals surface area contributed by atoms with E-state index in [4.69, 9.17) is 4.74 Å². The lowest BCUT2D eigenvalue weighted by Gasteiger charge is -2.23. The summed E-state index contributed by atoms with van der Waals surface area (Å²) in [6.07, 6.45) is 4.01. The van der Waals surface area contributed by atoms with Gasteiger partial charge in [-0.25, -0.2) is 0 Å². The minimum absolute atomic E-state index is 0.0677. The molecule has 2 aromatic rings. The maximum atomic E-state index is 12.8. The Bertz CT molecular complexity index is 1270. The number of hydrogen-bond donors (Lipinski definition) is 2. The molecule has 1 saturated heterocycles. The molecule has 1 fully saturated rings. The van der Waals surface area contributed by atoms with Crippen LogP contribution in [0.4, 0.5) is 5.69 Å². The summed E-state index contributed by atoms with van der Waals surface area (Å²) in [6, 6.07) is 12.7. The summed E-state index contributed by atoms with van der Waals surface area (Å²) in [7, 11) is 1.57. The summed E-state index contributed by atoms with van der Waals surface area (Å²) >= 11 is 0. The third-order valence-corrected chi connectivity index (χ3v) is 6.63. The third-order valence-electron chi connectivity index (χ3n) is 6.63. The number of nitrogens with zero attached hydrogens (tertiary/aromatic N) is 1. The number of likely N-dealkylation sites (tertiary alicyclic amines) is 1. The number of amides is 3. The van der Waals surface area contributed by atoms with E-state index in [2.05, 4.69) is 10.6 Å². The lowest BCUT2D eigenvalue weighted by Crippen LogP contribution is -2.27. The van der Waals surface area contributed by atoms with Crippen molar-refractivity contribution in [3.8, 4) is 0 Å². The van der Waals surface area contributed by atoms with Gasteiger partial charge in [-0.15, -0.1) is 0 Å². The number of nitrogens with one attached hydrogen (secondary N) is 2. The van der Waals surface area contributed by atoms with Gasteiger partial charge in [0.25, 0.3) is 17.7 Å². The first-order valence-electron chi connectivity index (χ1n) is 11.5. The second-order valence-corrected chi connectivity index (χ2v) is 9.28.